The molecule has 2 saturated heterocycles. The van der Waals surface area contributed by atoms with Crippen LogP contribution in [0.1, 0.15) is 18.4 Å². The van der Waals surface area contributed by atoms with Gasteiger partial charge in [-0.25, -0.2) is 9.79 Å². The molecule has 2 fully saturated rings. The molecule has 8 nitrogen and oxygen atoms in total. The van der Waals surface area contributed by atoms with Gasteiger partial charge in [-0.05, 0) is 35.6 Å². The molecule has 1 unspecified atom stereocenters. The van der Waals surface area contributed by atoms with Crippen LogP contribution in [0.25, 0.3) is 22.0 Å². The molecule has 8 heteroatoms. The number of hydrogen-bond donors (Lipinski definition) is 1. The highest BCUT2D eigenvalue weighted by molar-refractivity contribution is 6.15. The van der Waals surface area contributed by atoms with Crippen LogP contribution in [-0.2, 0) is 9.53 Å². The third-order valence-corrected chi connectivity index (χ3v) is 7.30. The Hall–Kier alpha value is -3.78. The highest BCUT2D eigenvalue weighted by Gasteiger charge is 2.51. The number of aliphatic imine (C=N–C) groups is 1. The quantitative estimate of drug-likeness (QED) is 0.628. The molecule has 3 aliphatic rings. The average Bonchev–Trinajstić information content (AvgIpc) is 3.61. The normalized spacial score (nSPS) is 24.1. The third kappa shape index (κ3) is 3.83. The highest BCUT2D eigenvalue weighted by atomic mass is 16.5. The Balaban J connectivity index is 1.29. The van der Waals surface area contributed by atoms with Crippen molar-refractivity contribution in [3.05, 3.63) is 66.4 Å². The summed E-state index contributed by atoms with van der Waals surface area (Å²) in [7, 11) is 0. The van der Waals surface area contributed by atoms with Gasteiger partial charge in [-0.3, -0.25) is 14.7 Å². The van der Waals surface area contributed by atoms with Crippen molar-refractivity contribution in [1.82, 2.24) is 14.8 Å². The lowest BCUT2D eigenvalue weighted by molar-refractivity contribution is -0.131. The number of carbonyl (C=O) groups is 2. The number of likely N-dealkylation sites (tertiary alicyclic amines) is 1. The van der Waals surface area contributed by atoms with Crippen LogP contribution in [0, 0.1) is 5.92 Å². The molecule has 3 aromatic rings. The fourth-order valence-electron chi connectivity index (χ4n) is 5.33. The van der Waals surface area contributed by atoms with E-state index in [1.807, 2.05) is 36.4 Å². The Kier molecular flexibility index (Phi) is 5.25. The molecular formula is C27H26N4O4. The second-order valence-corrected chi connectivity index (χ2v) is 9.56. The number of aromatic nitrogens is 1. The predicted molar refractivity (Wildman–Crippen MR) is 131 cm³/mol. The fourth-order valence-corrected chi connectivity index (χ4v) is 5.33. The number of fused-ring (bicyclic) bond motifs is 1. The summed E-state index contributed by atoms with van der Waals surface area (Å²) in [6, 6.07) is 18.3. The summed E-state index contributed by atoms with van der Waals surface area (Å²) in [5, 5.41) is 10.4. The van der Waals surface area contributed by atoms with E-state index in [9.17, 15) is 14.7 Å². The number of nitrogens with zero attached hydrogens (tertiary/aromatic N) is 4. The minimum Gasteiger partial charge on any atom is -0.465 e. The molecule has 1 N–H and O–H groups in total. The number of pyridine rings is 1. The van der Waals surface area contributed by atoms with Gasteiger partial charge in [0, 0.05) is 49.8 Å². The summed E-state index contributed by atoms with van der Waals surface area (Å²) in [5.41, 5.74) is 3.09. The Bertz CT molecular complexity index is 1330. The first-order valence-corrected chi connectivity index (χ1v) is 12.0. The molecular weight excluding hydrogens is 444 g/mol. The Morgan fingerprint density at radius 3 is 2.66 bits per heavy atom. The second-order valence-electron chi connectivity index (χ2n) is 9.56. The van der Waals surface area contributed by atoms with Crippen LogP contribution in [0.4, 0.5) is 4.79 Å². The number of amidine groups is 1. The number of carbonyl (C=O) groups excluding carboxylic acids is 1. The maximum Gasteiger partial charge on any atom is 0.407 e. The van der Waals surface area contributed by atoms with Crippen molar-refractivity contribution < 1.29 is 19.4 Å². The van der Waals surface area contributed by atoms with Crippen molar-refractivity contribution in [3.63, 3.8) is 0 Å². The lowest BCUT2D eigenvalue weighted by Gasteiger charge is -2.25. The summed E-state index contributed by atoms with van der Waals surface area (Å²) in [6.45, 7) is 2.20. The van der Waals surface area contributed by atoms with Crippen LogP contribution < -0.4 is 0 Å². The summed E-state index contributed by atoms with van der Waals surface area (Å²) in [6.07, 6.45) is 2.19. The molecule has 0 bridgehead atoms. The van der Waals surface area contributed by atoms with Gasteiger partial charge >= 0.3 is 6.09 Å². The largest absolute Gasteiger partial charge is 0.465 e. The van der Waals surface area contributed by atoms with Gasteiger partial charge in [-0.1, -0.05) is 42.5 Å². The monoisotopic (exact) mass is 470 g/mol. The van der Waals surface area contributed by atoms with Crippen LogP contribution >= 0.6 is 0 Å². The van der Waals surface area contributed by atoms with E-state index in [-0.39, 0.29) is 11.8 Å². The molecule has 2 amide bonds. The summed E-state index contributed by atoms with van der Waals surface area (Å²) in [4.78, 5) is 37.4. The van der Waals surface area contributed by atoms with Crippen molar-refractivity contribution in [2.75, 3.05) is 32.8 Å². The fraction of sp³-hybridized carbons (Fsp3) is 0.333. The van der Waals surface area contributed by atoms with Crippen LogP contribution in [-0.4, -0.2) is 76.1 Å². The number of hydrogen-bond acceptors (Lipinski definition) is 5. The first-order chi connectivity index (χ1) is 17.0. The third-order valence-electron chi connectivity index (χ3n) is 7.30. The van der Waals surface area contributed by atoms with Crippen molar-refractivity contribution >= 4 is 28.7 Å². The van der Waals surface area contributed by atoms with Gasteiger partial charge in [0.15, 0.2) is 5.54 Å². The number of ether oxygens (including phenoxy) is 1. The molecule has 1 spiro atoms. The SMILES string of the molecule is O=C(O)N1CC[C@@H](CN2C(=O)C3(CCOC3)N=C2c2ccc(-c3ccc4cccnc4c3)cc2)C1. The van der Waals surface area contributed by atoms with Gasteiger partial charge < -0.3 is 14.7 Å². The molecule has 178 valence electrons. The van der Waals surface area contributed by atoms with Gasteiger partial charge in [0.2, 0.25) is 0 Å². The van der Waals surface area contributed by atoms with E-state index < -0.39 is 11.6 Å². The molecule has 2 aromatic carbocycles. The van der Waals surface area contributed by atoms with Crippen LogP contribution in [0.3, 0.4) is 0 Å². The number of benzene rings is 2. The minimum atomic E-state index is -0.908. The van der Waals surface area contributed by atoms with E-state index in [0.29, 0.717) is 45.1 Å². The van der Waals surface area contributed by atoms with E-state index in [1.165, 1.54) is 4.90 Å². The molecule has 0 aliphatic carbocycles. The molecule has 3 aliphatic heterocycles. The van der Waals surface area contributed by atoms with Crippen LogP contribution in [0.15, 0.2) is 65.8 Å². The minimum absolute atomic E-state index is 0.0385. The van der Waals surface area contributed by atoms with E-state index in [2.05, 4.69) is 23.2 Å². The van der Waals surface area contributed by atoms with Crippen molar-refractivity contribution in [1.29, 1.82) is 0 Å². The second kappa shape index (κ2) is 8.46. The zero-order valence-electron chi connectivity index (χ0n) is 19.3. The van der Waals surface area contributed by atoms with Gasteiger partial charge in [0.25, 0.3) is 5.91 Å². The summed E-state index contributed by atoms with van der Waals surface area (Å²) < 4.78 is 5.57. The molecule has 35 heavy (non-hydrogen) atoms. The number of carboxylic acid groups (broad SMARTS) is 1. The van der Waals surface area contributed by atoms with Gasteiger partial charge in [-0.2, -0.15) is 0 Å². The standard InChI is InChI=1S/C27H26N4O4/c32-25-27(10-13-35-17-27)29-24(31(25)16-18-9-12-30(15-18)26(33)34)21-6-3-19(4-7-21)22-8-5-20-2-1-11-28-23(20)14-22/h1-8,11,14,18H,9-10,12-13,15-17H2,(H,33,34)/t18-,27?/m1/s1. The molecule has 1 aromatic heterocycles. The van der Waals surface area contributed by atoms with Gasteiger partial charge in [0.05, 0.1) is 12.1 Å². The smallest absolute Gasteiger partial charge is 0.407 e. The van der Waals surface area contributed by atoms with E-state index in [1.54, 1.807) is 11.1 Å². The Morgan fingerprint density at radius 2 is 1.91 bits per heavy atom. The first kappa shape index (κ1) is 21.7. The van der Waals surface area contributed by atoms with Crippen molar-refractivity contribution in [3.8, 4) is 11.1 Å². The predicted octanol–water partition coefficient (Wildman–Crippen LogP) is 3.65. The zero-order chi connectivity index (χ0) is 24.0. The average molecular weight is 471 g/mol. The molecule has 0 saturated carbocycles. The maximum absolute atomic E-state index is 13.5. The van der Waals surface area contributed by atoms with Crippen LogP contribution in [0.2, 0.25) is 0 Å². The lowest BCUT2D eigenvalue weighted by Crippen LogP contribution is -2.45. The summed E-state index contributed by atoms with van der Waals surface area (Å²) in [5.74, 6) is 0.701. The zero-order valence-corrected chi connectivity index (χ0v) is 19.3. The Labute approximate surface area is 202 Å². The maximum atomic E-state index is 13.5. The number of rotatable bonds is 4. The molecule has 6 rings (SSSR count). The van der Waals surface area contributed by atoms with Crippen molar-refractivity contribution in [2.45, 2.75) is 18.4 Å². The topological polar surface area (TPSA) is 95.3 Å². The van der Waals surface area contributed by atoms with Gasteiger partial charge in [-0.15, -0.1) is 0 Å². The Morgan fingerprint density at radius 1 is 1.11 bits per heavy atom. The molecule has 2 atom stereocenters. The summed E-state index contributed by atoms with van der Waals surface area (Å²) >= 11 is 0. The van der Waals surface area contributed by atoms with Gasteiger partial charge in [0.1, 0.15) is 5.84 Å². The van der Waals surface area contributed by atoms with E-state index >= 15 is 0 Å². The molecule has 0 radical (unpaired) electrons. The van der Waals surface area contributed by atoms with Crippen LogP contribution in [0.5, 0.6) is 0 Å². The van der Waals surface area contributed by atoms with E-state index in [4.69, 9.17) is 9.73 Å². The van der Waals surface area contributed by atoms with Crippen molar-refractivity contribution in [2.24, 2.45) is 10.9 Å². The lowest BCUT2D eigenvalue weighted by atomic mass is 9.98. The number of amides is 2. The highest BCUT2D eigenvalue weighted by Crippen LogP contribution is 2.35. The van der Waals surface area contributed by atoms with E-state index in [0.717, 1.165) is 34.0 Å². The first-order valence-electron chi connectivity index (χ1n) is 12.0. The molecule has 4 heterocycles.